The van der Waals surface area contributed by atoms with Crippen LogP contribution in [0.2, 0.25) is 0 Å². The van der Waals surface area contributed by atoms with Crippen LogP contribution < -0.4 is 10.6 Å². The van der Waals surface area contributed by atoms with Crippen molar-refractivity contribution in [3.63, 3.8) is 0 Å². The van der Waals surface area contributed by atoms with Gasteiger partial charge in [0.25, 0.3) is 0 Å². The minimum Gasteiger partial charge on any atom is -0.480 e. The summed E-state index contributed by atoms with van der Waals surface area (Å²) in [4.78, 5) is 23.4. The Morgan fingerprint density at radius 3 is 2.95 bits per heavy atom. The van der Waals surface area contributed by atoms with E-state index in [0.717, 1.165) is 11.3 Å². The van der Waals surface area contributed by atoms with E-state index >= 15 is 0 Å². The number of anilines is 1. The molecule has 0 bridgehead atoms. The van der Waals surface area contributed by atoms with Crippen molar-refractivity contribution in [1.29, 1.82) is 0 Å². The molecular weight excluding hydrogens is 276 g/mol. The van der Waals surface area contributed by atoms with Crippen molar-refractivity contribution in [2.24, 2.45) is 0 Å². The Balaban J connectivity index is 2.03. The number of thioether (sulfide) groups is 1. The van der Waals surface area contributed by atoms with Crippen LogP contribution in [-0.4, -0.2) is 41.6 Å². The highest BCUT2D eigenvalue weighted by Crippen LogP contribution is 2.31. The number of amides is 1. The standard InChI is InChI=1S/C14H18N2O3S/c1-20-7-6-12(14(18)19)16-13(17)10-8-15-11-5-3-2-4-9(10)11/h2-5,10,12,15H,6-8H2,1H3,(H,16,17)(H,18,19). The zero-order chi connectivity index (χ0) is 14.5. The van der Waals surface area contributed by atoms with E-state index in [2.05, 4.69) is 10.6 Å². The predicted molar refractivity (Wildman–Crippen MR) is 80.2 cm³/mol. The van der Waals surface area contributed by atoms with E-state index in [-0.39, 0.29) is 11.8 Å². The molecule has 1 amide bonds. The number of hydrogen-bond acceptors (Lipinski definition) is 4. The fraction of sp³-hybridized carbons (Fsp3) is 0.429. The van der Waals surface area contributed by atoms with Crippen molar-refractivity contribution in [2.75, 3.05) is 23.9 Å². The number of nitrogens with one attached hydrogen (secondary N) is 2. The second-order valence-corrected chi connectivity index (χ2v) is 5.69. The van der Waals surface area contributed by atoms with Crippen LogP contribution in [0.5, 0.6) is 0 Å². The van der Waals surface area contributed by atoms with E-state index in [9.17, 15) is 9.59 Å². The highest BCUT2D eigenvalue weighted by molar-refractivity contribution is 7.98. The number of rotatable bonds is 6. The lowest BCUT2D eigenvalue weighted by molar-refractivity contribution is -0.142. The third-order valence-electron chi connectivity index (χ3n) is 3.37. The lowest BCUT2D eigenvalue weighted by atomic mass is 10.00. The van der Waals surface area contributed by atoms with Gasteiger partial charge in [0.2, 0.25) is 5.91 Å². The molecule has 1 aliphatic heterocycles. The van der Waals surface area contributed by atoms with Gasteiger partial charge in [0.1, 0.15) is 6.04 Å². The molecule has 2 unspecified atom stereocenters. The van der Waals surface area contributed by atoms with Crippen molar-refractivity contribution in [1.82, 2.24) is 5.32 Å². The fourth-order valence-electron chi connectivity index (χ4n) is 2.28. The monoisotopic (exact) mass is 294 g/mol. The third kappa shape index (κ3) is 3.25. The van der Waals surface area contributed by atoms with Gasteiger partial charge in [0.05, 0.1) is 5.92 Å². The van der Waals surface area contributed by atoms with Gasteiger partial charge in [0, 0.05) is 12.2 Å². The minimum atomic E-state index is -0.980. The summed E-state index contributed by atoms with van der Waals surface area (Å²) < 4.78 is 0. The molecule has 1 heterocycles. The number of carboxylic acid groups (broad SMARTS) is 1. The molecule has 0 aliphatic carbocycles. The topological polar surface area (TPSA) is 78.4 Å². The molecule has 0 spiro atoms. The van der Waals surface area contributed by atoms with Gasteiger partial charge in [-0.25, -0.2) is 4.79 Å². The van der Waals surface area contributed by atoms with Crippen molar-refractivity contribution in [3.05, 3.63) is 29.8 Å². The maximum Gasteiger partial charge on any atom is 0.326 e. The molecule has 0 radical (unpaired) electrons. The molecule has 1 aliphatic rings. The lowest BCUT2D eigenvalue weighted by Gasteiger charge is -2.17. The van der Waals surface area contributed by atoms with Crippen molar-refractivity contribution < 1.29 is 14.7 Å². The first kappa shape index (κ1) is 14.7. The number of carboxylic acids is 1. The Bertz CT molecular complexity index is 507. The van der Waals surface area contributed by atoms with Crippen LogP contribution in [-0.2, 0) is 9.59 Å². The molecule has 2 atom stereocenters. The van der Waals surface area contributed by atoms with E-state index in [1.165, 1.54) is 0 Å². The lowest BCUT2D eigenvalue weighted by Crippen LogP contribution is -2.43. The fourth-order valence-corrected chi connectivity index (χ4v) is 2.75. The van der Waals surface area contributed by atoms with E-state index in [4.69, 9.17) is 5.11 Å². The maximum absolute atomic E-state index is 12.3. The van der Waals surface area contributed by atoms with Gasteiger partial charge >= 0.3 is 5.97 Å². The van der Waals surface area contributed by atoms with Crippen molar-refractivity contribution in [3.8, 4) is 0 Å². The first-order valence-electron chi connectivity index (χ1n) is 6.48. The first-order chi connectivity index (χ1) is 9.63. The molecule has 108 valence electrons. The molecule has 6 heteroatoms. The van der Waals surface area contributed by atoms with Crippen molar-refractivity contribution in [2.45, 2.75) is 18.4 Å². The smallest absolute Gasteiger partial charge is 0.326 e. The van der Waals surface area contributed by atoms with Crippen LogP contribution in [0.4, 0.5) is 5.69 Å². The summed E-state index contributed by atoms with van der Waals surface area (Å²) in [5.41, 5.74) is 1.88. The van der Waals surface area contributed by atoms with Gasteiger partial charge in [-0.1, -0.05) is 18.2 Å². The molecule has 1 aromatic rings. The Labute approximate surface area is 122 Å². The maximum atomic E-state index is 12.3. The largest absolute Gasteiger partial charge is 0.480 e. The molecular formula is C14H18N2O3S. The zero-order valence-corrected chi connectivity index (χ0v) is 12.1. The second kappa shape index (κ2) is 6.65. The summed E-state index contributed by atoms with van der Waals surface area (Å²) in [5, 5.41) is 15.0. The summed E-state index contributed by atoms with van der Waals surface area (Å²) in [6.45, 7) is 0.514. The zero-order valence-electron chi connectivity index (χ0n) is 11.3. The Hall–Kier alpha value is -1.69. The number of fused-ring (bicyclic) bond motifs is 1. The van der Waals surface area contributed by atoms with Crippen LogP contribution >= 0.6 is 11.8 Å². The summed E-state index contributed by atoms with van der Waals surface area (Å²) >= 11 is 1.57. The van der Waals surface area contributed by atoms with Gasteiger partial charge in [-0.15, -0.1) is 0 Å². The molecule has 1 aromatic carbocycles. The van der Waals surface area contributed by atoms with Crippen LogP contribution in [0.25, 0.3) is 0 Å². The number of carbonyl (C=O) groups excluding carboxylic acids is 1. The van der Waals surface area contributed by atoms with E-state index in [1.54, 1.807) is 11.8 Å². The summed E-state index contributed by atoms with van der Waals surface area (Å²) in [5.74, 6) is -0.818. The molecule has 5 nitrogen and oxygen atoms in total. The second-order valence-electron chi connectivity index (χ2n) is 4.70. The summed E-state index contributed by atoms with van der Waals surface area (Å²) in [7, 11) is 0. The number of hydrogen-bond donors (Lipinski definition) is 3. The van der Waals surface area contributed by atoms with E-state index < -0.39 is 12.0 Å². The Morgan fingerprint density at radius 1 is 1.50 bits per heavy atom. The molecule has 0 fully saturated rings. The highest BCUT2D eigenvalue weighted by atomic mass is 32.2. The molecule has 3 N–H and O–H groups in total. The Morgan fingerprint density at radius 2 is 2.25 bits per heavy atom. The SMILES string of the molecule is CSCCC(NC(=O)C1CNc2ccccc21)C(=O)O. The number of para-hydroxylation sites is 1. The normalized spacial score (nSPS) is 17.9. The number of benzene rings is 1. The van der Waals surface area contributed by atoms with Gasteiger partial charge in [-0.05, 0) is 30.1 Å². The summed E-state index contributed by atoms with van der Waals surface area (Å²) in [6.07, 6.45) is 2.35. The molecule has 2 rings (SSSR count). The number of carbonyl (C=O) groups is 2. The van der Waals surface area contributed by atoms with Crippen LogP contribution in [0, 0.1) is 0 Å². The van der Waals surface area contributed by atoms with Crippen molar-refractivity contribution >= 4 is 29.3 Å². The molecule has 0 saturated heterocycles. The van der Waals surface area contributed by atoms with Gasteiger partial charge < -0.3 is 15.7 Å². The molecule has 0 aromatic heterocycles. The predicted octanol–water partition coefficient (Wildman–Crippen LogP) is 1.52. The average Bonchev–Trinajstić information content (AvgIpc) is 2.87. The van der Waals surface area contributed by atoms with Gasteiger partial charge in [-0.3, -0.25) is 4.79 Å². The molecule has 0 saturated carbocycles. The third-order valence-corrected chi connectivity index (χ3v) is 4.02. The van der Waals surface area contributed by atoms with Crippen LogP contribution in [0.1, 0.15) is 17.9 Å². The average molecular weight is 294 g/mol. The summed E-state index contributed by atoms with van der Waals surface area (Å²) in [6, 6.07) is 6.80. The number of aliphatic carboxylic acids is 1. The quantitative estimate of drug-likeness (QED) is 0.741. The molecule has 20 heavy (non-hydrogen) atoms. The highest BCUT2D eigenvalue weighted by Gasteiger charge is 2.30. The van der Waals surface area contributed by atoms with Gasteiger partial charge in [-0.2, -0.15) is 11.8 Å². The first-order valence-corrected chi connectivity index (χ1v) is 7.87. The van der Waals surface area contributed by atoms with E-state index in [0.29, 0.717) is 18.7 Å². The van der Waals surface area contributed by atoms with Crippen LogP contribution in [0.15, 0.2) is 24.3 Å². The van der Waals surface area contributed by atoms with Gasteiger partial charge in [0.15, 0.2) is 0 Å². The van der Waals surface area contributed by atoms with Crippen LogP contribution in [0.3, 0.4) is 0 Å². The Kier molecular flexibility index (Phi) is 4.89. The van der Waals surface area contributed by atoms with E-state index in [1.807, 2.05) is 30.5 Å². The minimum absolute atomic E-state index is 0.226.